The molecule has 0 spiro atoms. The van der Waals surface area contributed by atoms with E-state index in [1.165, 1.54) is 0 Å². The molecule has 1 rings (SSSR count). The Hall–Kier alpha value is -1.92. The predicted molar refractivity (Wildman–Crippen MR) is 47.8 cm³/mol. The summed E-state index contributed by atoms with van der Waals surface area (Å²) in [7, 11) is 1.01. The summed E-state index contributed by atoms with van der Waals surface area (Å²) in [6.07, 6.45) is -2.96. The summed E-state index contributed by atoms with van der Waals surface area (Å²) in [4.78, 5) is 23.9. The van der Waals surface area contributed by atoms with Crippen molar-refractivity contribution in [1.82, 2.24) is 4.98 Å². The second kappa shape index (κ2) is 4.07. The molecule has 0 fully saturated rings. The Kier molecular flexibility index (Phi) is 3.03. The van der Waals surface area contributed by atoms with Gasteiger partial charge < -0.3 is 15.5 Å². The molecule has 0 atom stereocenters. The number of hydrogen-bond acceptors (Lipinski definition) is 4. The van der Waals surface area contributed by atoms with Gasteiger partial charge in [0.15, 0.2) is 0 Å². The van der Waals surface area contributed by atoms with E-state index in [0.29, 0.717) is 0 Å². The minimum atomic E-state index is -2.96. The van der Waals surface area contributed by atoms with Gasteiger partial charge in [0.1, 0.15) is 5.69 Å². The van der Waals surface area contributed by atoms with Crippen molar-refractivity contribution in [2.24, 2.45) is 0 Å². The Balaban J connectivity index is 3.46. The highest BCUT2D eigenvalue weighted by molar-refractivity contribution is 5.90. The number of alkyl halides is 2. The zero-order valence-electron chi connectivity index (χ0n) is 7.71. The molecule has 3 N–H and O–H groups in total. The molecule has 82 valence electrons. The van der Waals surface area contributed by atoms with Gasteiger partial charge in [-0.15, -0.1) is 0 Å². The smallest absolute Gasteiger partial charge is 0.355 e. The van der Waals surface area contributed by atoms with Crippen molar-refractivity contribution < 1.29 is 18.3 Å². The minimum Gasteiger partial charge on any atom is -0.464 e. The maximum Gasteiger partial charge on any atom is 0.355 e. The fraction of sp³-hybridized carbons (Fsp3) is 0.250. The van der Waals surface area contributed by atoms with Gasteiger partial charge in [-0.25, -0.2) is 13.6 Å². The van der Waals surface area contributed by atoms with Crippen molar-refractivity contribution >= 4 is 11.7 Å². The lowest BCUT2D eigenvalue weighted by molar-refractivity contribution is 0.0581. The molecule has 1 aromatic heterocycles. The molecule has 5 nitrogen and oxygen atoms in total. The van der Waals surface area contributed by atoms with E-state index in [4.69, 9.17) is 5.73 Å². The van der Waals surface area contributed by atoms with Gasteiger partial charge in [-0.3, -0.25) is 4.79 Å². The van der Waals surface area contributed by atoms with Crippen LogP contribution >= 0.6 is 0 Å². The SMILES string of the molecule is COC(=O)c1[nH]c(=O)cc(N)c1C(F)F. The van der Waals surface area contributed by atoms with Gasteiger partial charge in [-0.2, -0.15) is 0 Å². The number of aromatic nitrogens is 1. The van der Waals surface area contributed by atoms with Crippen LogP contribution in [0.15, 0.2) is 10.9 Å². The van der Waals surface area contributed by atoms with Crippen LogP contribution in [-0.4, -0.2) is 18.1 Å². The van der Waals surface area contributed by atoms with Crippen molar-refractivity contribution in [2.45, 2.75) is 6.43 Å². The fourth-order valence-electron chi connectivity index (χ4n) is 1.09. The number of esters is 1. The van der Waals surface area contributed by atoms with Crippen molar-refractivity contribution in [3.63, 3.8) is 0 Å². The molecular weight excluding hydrogens is 210 g/mol. The van der Waals surface area contributed by atoms with Crippen LogP contribution in [0.1, 0.15) is 22.5 Å². The van der Waals surface area contributed by atoms with Gasteiger partial charge in [-0.1, -0.05) is 0 Å². The summed E-state index contributed by atoms with van der Waals surface area (Å²) in [5.74, 6) is -1.06. The van der Waals surface area contributed by atoms with Gasteiger partial charge in [0.05, 0.1) is 12.7 Å². The van der Waals surface area contributed by atoms with Gasteiger partial charge in [0, 0.05) is 11.8 Å². The summed E-state index contributed by atoms with van der Waals surface area (Å²) >= 11 is 0. The molecule has 0 unspecified atom stereocenters. The topological polar surface area (TPSA) is 85.2 Å². The van der Waals surface area contributed by atoms with E-state index >= 15 is 0 Å². The first-order chi connectivity index (χ1) is 6.97. The maximum absolute atomic E-state index is 12.5. The number of nitrogens with two attached hydrogens (primary N) is 1. The van der Waals surface area contributed by atoms with E-state index in [1.807, 2.05) is 4.98 Å². The van der Waals surface area contributed by atoms with E-state index in [9.17, 15) is 18.4 Å². The average molecular weight is 218 g/mol. The zero-order valence-corrected chi connectivity index (χ0v) is 7.71. The molecule has 1 heterocycles. The maximum atomic E-state index is 12.5. The lowest BCUT2D eigenvalue weighted by Gasteiger charge is -2.08. The summed E-state index contributed by atoms with van der Waals surface area (Å²) < 4.78 is 29.3. The highest BCUT2D eigenvalue weighted by Gasteiger charge is 2.23. The van der Waals surface area contributed by atoms with Gasteiger partial charge in [-0.05, 0) is 0 Å². The largest absolute Gasteiger partial charge is 0.464 e. The molecule has 15 heavy (non-hydrogen) atoms. The number of carbonyl (C=O) groups is 1. The number of nitrogens with one attached hydrogen (secondary N) is 1. The highest BCUT2D eigenvalue weighted by atomic mass is 19.3. The van der Waals surface area contributed by atoms with Crippen LogP contribution in [0.25, 0.3) is 0 Å². The second-order valence-electron chi connectivity index (χ2n) is 2.67. The first kappa shape index (κ1) is 11.2. The molecule has 0 saturated heterocycles. The molecule has 0 radical (unpaired) electrons. The zero-order chi connectivity index (χ0) is 11.6. The van der Waals surface area contributed by atoms with Crippen LogP contribution in [0.5, 0.6) is 0 Å². The normalized spacial score (nSPS) is 10.4. The lowest BCUT2D eigenvalue weighted by Crippen LogP contribution is -2.18. The molecular formula is C8H8F2N2O3. The Bertz CT molecular complexity index is 442. The number of hydrogen-bond donors (Lipinski definition) is 2. The lowest BCUT2D eigenvalue weighted by atomic mass is 10.1. The van der Waals surface area contributed by atoms with Crippen molar-refractivity contribution in [3.05, 3.63) is 27.7 Å². The highest BCUT2D eigenvalue weighted by Crippen LogP contribution is 2.26. The fourth-order valence-corrected chi connectivity index (χ4v) is 1.09. The van der Waals surface area contributed by atoms with Crippen LogP contribution in [-0.2, 0) is 4.74 Å². The first-order valence-corrected chi connectivity index (χ1v) is 3.86. The first-order valence-electron chi connectivity index (χ1n) is 3.86. The number of anilines is 1. The minimum absolute atomic E-state index is 0.436. The summed E-state index contributed by atoms with van der Waals surface area (Å²) in [5, 5.41) is 0. The van der Waals surface area contributed by atoms with Crippen LogP contribution in [0.2, 0.25) is 0 Å². The van der Waals surface area contributed by atoms with Crippen LogP contribution < -0.4 is 11.3 Å². The quantitative estimate of drug-likeness (QED) is 0.715. The number of nitrogen functional groups attached to an aromatic ring is 1. The molecule has 0 aliphatic rings. The van der Waals surface area contributed by atoms with Crippen molar-refractivity contribution in [2.75, 3.05) is 12.8 Å². The Morgan fingerprint density at radius 2 is 2.20 bits per heavy atom. The number of methoxy groups -OCH3 is 1. The number of aromatic amines is 1. The van der Waals surface area contributed by atoms with Gasteiger partial charge in [0.25, 0.3) is 12.0 Å². The van der Waals surface area contributed by atoms with Crippen LogP contribution in [0.4, 0.5) is 14.5 Å². The summed E-state index contributed by atoms with van der Waals surface area (Å²) in [6.45, 7) is 0. The molecule has 7 heteroatoms. The summed E-state index contributed by atoms with van der Waals surface area (Å²) in [5.41, 5.74) is 2.70. The van der Waals surface area contributed by atoms with Crippen molar-refractivity contribution in [1.29, 1.82) is 0 Å². The number of carbonyl (C=O) groups excluding carboxylic acids is 1. The second-order valence-corrected chi connectivity index (χ2v) is 2.67. The van der Waals surface area contributed by atoms with E-state index in [2.05, 4.69) is 4.74 Å². The molecule has 0 aliphatic carbocycles. The molecule has 0 aromatic carbocycles. The number of pyridine rings is 1. The monoisotopic (exact) mass is 218 g/mol. The molecule has 1 aromatic rings. The van der Waals surface area contributed by atoms with Gasteiger partial charge in [0.2, 0.25) is 0 Å². The standard InChI is InChI=1S/C8H8F2N2O3/c1-15-8(14)6-5(7(9)10)3(11)2-4(13)12-6/h2,7H,1H3,(H3,11,12,13). The van der Waals surface area contributed by atoms with Crippen LogP contribution in [0.3, 0.4) is 0 Å². The summed E-state index contributed by atoms with van der Waals surface area (Å²) in [6, 6.07) is 0.786. The van der Waals surface area contributed by atoms with E-state index < -0.39 is 34.9 Å². The number of halogens is 2. The molecule has 0 saturated carbocycles. The molecule has 0 bridgehead atoms. The predicted octanol–water partition coefficient (Wildman–Crippen LogP) is 0.681. The number of H-pyrrole nitrogens is 1. The Morgan fingerprint density at radius 1 is 1.60 bits per heavy atom. The van der Waals surface area contributed by atoms with E-state index in [1.54, 1.807) is 0 Å². The van der Waals surface area contributed by atoms with E-state index in [-0.39, 0.29) is 0 Å². The third-order valence-electron chi connectivity index (χ3n) is 1.72. The Morgan fingerprint density at radius 3 is 2.67 bits per heavy atom. The van der Waals surface area contributed by atoms with Crippen molar-refractivity contribution in [3.8, 4) is 0 Å². The van der Waals surface area contributed by atoms with Crippen LogP contribution in [0, 0.1) is 0 Å². The van der Waals surface area contributed by atoms with Gasteiger partial charge >= 0.3 is 5.97 Å². The number of rotatable bonds is 2. The molecule has 0 amide bonds. The Labute approximate surface area is 82.9 Å². The molecule has 0 aliphatic heterocycles. The van der Waals surface area contributed by atoms with E-state index in [0.717, 1.165) is 13.2 Å². The third-order valence-corrected chi connectivity index (χ3v) is 1.72. The third kappa shape index (κ3) is 2.12. The average Bonchev–Trinajstić information content (AvgIpc) is 2.14. The number of ether oxygens (including phenoxy) is 1.